The molecule has 1 atom stereocenters. The molecule has 0 fully saturated rings. The average Bonchev–Trinajstić information content (AvgIpc) is 2.92. The minimum atomic E-state index is -0.980. The summed E-state index contributed by atoms with van der Waals surface area (Å²) in [5, 5.41) is 0. The van der Waals surface area contributed by atoms with Crippen LogP contribution in [0, 0.1) is 29.2 Å². The minimum absolute atomic E-state index is 0.116. The number of halogens is 4. The summed E-state index contributed by atoms with van der Waals surface area (Å²) in [5.74, 6) is -3.31. The first-order valence-electron chi connectivity index (χ1n) is 13.2. The van der Waals surface area contributed by atoms with E-state index in [4.69, 9.17) is 4.74 Å². The summed E-state index contributed by atoms with van der Waals surface area (Å²) < 4.78 is 63.3. The minimum Gasteiger partial charge on any atom is -0.494 e. The van der Waals surface area contributed by atoms with Crippen LogP contribution in [0.15, 0.2) is 54.6 Å². The van der Waals surface area contributed by atoms with Gasteiger partial charge in [-0.1, -0.05) is 62.2 Å². The van der Waals surface area contributed by atoms with E-state index in [-0.39, 0.29) is 22.8 Å². The van der Waals surface area contributed by atoms with Gasteiger partial charge in [0.1, 0.15) is 0 Å². The van der Waals surface area contributed by atoms with Gasteiger partial charge in [0.15, 0.2) is 23.2 Å². The Morgan fingerprint density at radius 1 is 0.784 bits per heavy atom. The van der Waals surface area contributed by atoms with Gasteiger partial charge in [-0.15, -0.1) is 0 Å². The van der Waals surface area contributed by atoms with Crippen molar-refractivity contribution >= 4 is 5.57 Å². The molecule has 0 amide bonds. The third kappa shape index (κ3) is 6.26. The van der Waals surface area contributed by atoms with E-state index < -0.39 is 23.3 Å². The Balaban J connectivity index is 1.37. The Hall–Kier alpha value is -3.08. The van der Waals surface area contributed by atoms with Gasteiger partial charge in [0.05, 0.1) is 7.11 Å². The van der Waals surface area contributed by atoms with Crippen LogP contribution in [-0.2, 0) is 12.8 Å². The Morgan fingerprint density at radius 2 is 1.51 bits per heavy atom. The molecule has 4 rings (SSSR count). The summed E-state index contributed by atoms with van der Waals surface area (Å²) >= 11 is 0. The number of benzene rings is 3. The molecule has 196 valence electrons. The van der Waals surface area contributed by atoms with Crippen LogP contribution in [0.2, 0.25) is 0 Å². The first-order valence-corrected chi connectivity index (χ1v) is 13.2. The summed E-state index contributed by atoms with van der Waals surface area (Å²) in [7, 11) is 1.30. The fraction of sp³-hybridized carbons (Fsp3) is 0.375. The van der Waals surface area contributed by atoms with Crippen molar-refractivity contribution in [2.45, 2.75) is 64.7 Å². The van der Waals surface area contributed by atoms with Crippen molar-refractivity contribution < 1.29 is 22.3 Å². The molecule has 0 spiro atoms. The van der Waals surface area contributed by atoms with Crippen molar-refractivity contribution in [2.24, 2.45) is 5.92 Å². The van der Waals surface area contributed by atoms with E-state index in [9.17, 15) is 17.6 Å². The van der Waals surface area contributed by atoms with Gasteiger partial charge in [-0.2, -0.15) is 4.39 Å². The number of unbranched alkanes of at least 4 members (excludes halogenated alkanes) is 2. The van der Waals surface area contributed by atoms with Gasteiger partial charge in [0.25, 0.3) is 0 Å². The van der Waals surface area contributed by atoms with Crippen LogP contribution in [0.4, 0.5) is 17.6 Å². The van der Waals surface area contributed by atoms with Crippen molar-refractivity contribution in [3.05, 3.63) is 94.6 Å². The average molecular weight is 511 g/mol. The quantitative estimate of drug-likeness (QED) is 0.195. The molecule has 3 aromatic rings. The fourth-order valence-corrected chi connectivity index (χ4v) is 5.13. The number of hydrogen-bond donors (Lipinski definition) is 0. The molecule has 37 heavy (non-hydrogen) atoms. The van der Waals surface area contributed by atoms with Crippen LogP contribution in [0.25, 0.3) is 16.7 Å². The smallest absolute Gasteiger partial charge is 0.201 e. The molecule has 0 radical (unpaired) electrons. The van der Waals surface area contributed by atoms with E-state index in [1.165, 1.54) is 25.2 Å². The molecule has 1 aliphatic carbocycles. The predicted molar refractivity (Wildman–Crippen MR) is 142 cm³/mol. The molecule has 0 heterocycles. The lowest BCUT2D eigenvalue weighted by Gasteiger charge is -2.23. The van der Waals surface area contributed by atoms with Crippen molar-refractivity contribution in [3.63, 3.8) is 0 Å². The highest BCUT2D eigenvalue weighted by atomic mass is 19.2. The van der Waals surface area contributed by atoms with Crippen LogP contribution >= 0.6 is 0 Å². The molecule has 0 aliphatic heterocycles. The van der Waals surface area contributed by atoms with Gasteiger partial charge < -0.3 is 4.74 Å². The van der Waals surface area contributed by atoms with Crippen molar-refractivity contribution in [1.82, 2.24) is 0 Å². The highest BCUT2D eigenvalue weighted by Crippen LogP contribution is 2.36. The third-order valence-electron chi connectivity index (χ3n) is 7.45. The topological polar surface area (TPSA) is 9.23 Å². The lowest BCUT2D eigenvalue weighted by Crippen LogP contribution is -2.09. The Kier molecular flexibility index (Phi) is 9.07. The third-order valence-corrected chi connectivity index (χ3v) is 7.45. The van der Waals surface area contributed by atoms with E-state index >= 15 is 0 Å². The number of methoxy groups -OCH3 is 1. The molecule has 3 aromatic carbocycles. The van der Waals surface area contributed by atoms with Crippen LogP contribution in [-0.4, -0.2) is 7.11 Å². The summed E-state index contributed by atoms with van der Waals surface area (Å²) in [4.78, 5) is 0. The zero-order chi connectivity index (χ0) is 26.4. The van der Waals surface area contributed by atoms with Gasteiger partial charge >= 0.3 is 0 Å². The normalized spacial score (nSPS) is 15.5. The lowest BCUT2D eigenvalue weighted by atomic mass is 9.83. The largest absolute Gasteiger partial charge is 0.494 e. The molecule has 1 aliphatic rings. The summed E-state index contributed by atoms with van der Waals surface area (Å²) in [6.45, 7) is 2.17. The van der Waals surface area contributed by atoms with Gasteiger partial charge in [-0.25, -0.2) is 13.2 Å². The lowest BCUT2D eigenvalue weighted by molar-refractivity contribution is 0.371. The van der Waals surface area contributed by atoms with E-state index in [1.54, 1.807) is 18.2 Å². The van der Waals surface area contributed by atoms with Crippen LogP contribution in [0.1, 0.15) is 68.6 Å². The molecule has 0 N–H and O–H groups in total. The van der Waals surface area contributed by atoms with E-state index in [2.05, 4.69) is 6.92 Å². The zero-order valence-corrected chi connectivity index (χ0v) is 21.6. The van der Waals surface area contributed by atoms with E-state index in [0.29, 0.717) is 36.8 Å². The van der Waals surface area contributed by atoms with E-state index in [1.807, 2.05) is 30.3 Å². The number of aryl methyl sites for hydroxylation is 2. The Bertz CT molecular complexity index is 1250. The van der Waals surface area contributed by atoms with E-state index in [0.717, 1.165) is 31.3 Å². The molecule has 1 nitrogen and oxygen atoms in total. The molecule has 0 saturated carbocycles. The number of hydrogen-bond acceptors (Lipinski definition) is 1. The molecular formula is C32H34F4O. The molecule has 0 aromatic heterocycles. The van der Waals surface area contributed by atoms with Crippen molar-refractivity contribution in [2.75, 3.05) is 7.11 Å². The van der Waals surface area contributed by atoms with Crippen LogP contribution < -0.4 is 4.74 Å². The summed E-state index contributed by atoms with van der Waals surface area (Å²) in [6, 6.07) is 14.0. The fourth-order valence-electron chi connectivity index (χ4n) is 5.13. The van der Waals surface area contributed by atoms with Gasteiger partial charge in [0, 0.05) is 11.1 Å². The zero-order valence-electron chi connectivity index (χ0n) is 21.6. The highest BCUT2D eigenvalue weighted by Gasteiger charge is 2.22. The van der Waals surface area contributed by atoms with Gasteiger partial charge in [-0.05, 0) is 85.3 Å². The van der Waals surface area contributed by atoms with Crippen molar-refractivity contribution in [1.29, 1.82) is 0 Å². The second-order valence-electron chi connectivity index (χ2n) is 9.91. The van der Waals surface area contributed by atoms with Crippen LogP contribution in [0.5, 0.6) is 5.75 Å². The summed E-state index contributed by atoms with van der Waals surface area (Å²) in [6.07, 6.45) is 9.62. The van der Waals surface area contributed by atoms with Gasteiger partial charge in [0.2, 0.25) is 5.82 Å². The molecule has 0 saturated heterocycles. The SMILES string of the molecule is CCCCCc1ccc(-c2ccc(CCC3CC=C(c4ccc(OC)c(F)c4F)CC3)c(F)c2F)cc1. The molecule has 0 bridgehead atoms. The number of allylic oxidation sites excluding steroid dienone is 2. The van der Waals surface area contributed by atoms with Crippen molar-refractivity contribution in [3.8, 4) is 16.9 Å². The maximum Gasteiger partial charge on any atom is 0.201 e. The second kappa shape index (κ2) is 12.4. The first-order chi connectivity index (χ1) is 17.9. The van der Waals surface area contributed by atoms with Gasteiger partial charge in [-0.3, -0.25) is 0 Å². The highest BCUT2D eigenvalue weighted by molar-refractivity contribution is 5.68. The standard InChI is InChI=1S/C32H34F4O/c1-3-4-5-6-21-7-12-23(13-8-21)26-18-17-25(29(33)30(26)34)16-11-22-9-14-24(15-10-22)27-19-20-28(37-2)32(36)31(27)35/h7-8,12-14,17-20,22H,3-6,9-11,15-16H2,1-2H3. The second-order valence-corrected chi connectivity index (χ2v) is 9.91. The maximum absolute atomic E-state index is 15.0. The molecule has 1 unspecified atom stereocenters. The first kappa shape index (κ1) is 27.0. The van der Waals surface area contributed by atoms with Crippen LogP contribution in [0.3, 0.4) is 0 Å². The monoisotopic (exact) mass is 510 g/mol. The number of rotatable bonds is 10. The maximum atomic E-state index is 15.0. The number of ether oxygens (including phenoxy) is 1. The summed E-state index contributed by atoms with van der Waals surface area (Å²) in [5.41, 5.74) is 3.56. The Morgan fingerprint density at radius 3 is 2.19 bits per heavy atom. The Labute approximate surface area is 217 Å². The molecule has 5 heteroatoms. The molecular weight excluding hydrogens is 476 g/mol. The predicted octanol–water partition coefficient (Wildman–Crippen LogP) is 9.47.